The lowest BCUT2D eigenvalue weighted by Gasteiger charge is -2.35. The summed E-state index contributed by atoms with van der Waals surface area (Å²) < 4.78 is 1.65. The summed E-state index contributed by atoms with van der Waals surface area (Å²) in [4.78, 5) is 24.9. The van der Waals surface area contributed by atoms with Crippen molar-refractivity contribution in [2.45, 2.75) is 39.2 Å². The standard InChI is InChI=1S/C14H22N4O3/c1-11(9-14(20)21)12-3-2-6-17(10-12)13(19)4-7-18-8-5-15-16-18/h5,8,11-12H,2-4,6-7,9-10H2,1H3,(H,20,21). The molecule has 1 aliphatic rings. The molecule has 1 aliphatic heterocycles. The lowest BCUT2D eigenvalue weighted by Crippen LogP contribution is -2.42. The average molecular weight is 294 g/mol. The number of carboxylic acid groups (broad SMARTS) is 1. The highest BCUT2D eigenvalue weighted by molar-refractivity contribution is 5.76. The number of nitrogens with zero attached hydrogens (tertiary/aromatic N) is 4. The van der Waals surface area contributed by atoms with Gasteiger partial charge in [-0.25, -0.2) is 0 Å². The zero-order valence-corrected chi connectivity index (χ0v) is 12.3. The van der Waals surface area contributed by atoms with E-state index < -0.39 is 5.97 Å². The molecule has 1 saturated heterocycles. The van der Waals surface area contributed by atoms with E-state index in [9.17, 15) is 9.59 Å². The van der Waals surface area contributed by atoms with Crippen LogP contribution in [0.2, 0.25) is 0 Å². The third-order valence-electron chi connectivity index (χ3n) is 4.14. The second-order valence-corrected chi connectivity index (χ2v) is 5.73. The van der Waals surface area contributed by atoms with E-state index in [2.05, 4.69) is 10.3 Å². The molecule has 1 N–H and O–H groups in total. The van der Waals surface area contributed by atoms with Crippen LogP contribution in [-0.4, -0.2) is 50.0 Å². The van der Waals surface area contributed by atoms with E-state index in [4.69, 9.17) is 5.11 Å². The summed E-state index contributed by atoms with van der Waals surface area (Å²) >= 11 is 0. The first-order chi connectivity index (χ1) is 10.1. The van der Waals surface area contributed by atoms with Gasteiger partial charge in [0.2, 0.25) is 5.91 Å². The summed E-state index contributed by atoms with van der Waals surface area (Å²) in [5.74, 6) is -0.270. The number of aryl methyl sites for hydroxylation is 1. The molecule has 1 aromatic heterocycles. The van der Waals surface area contributed by atoms with Gasteiger partial charge >= 0.3 is 5.97 Å². The smallest absolute Gasteiger partial charge is 0.303 e. The van der Waals surface area contributed by atoms with Gasteiger partial charge in [0.25, 0.3) is 0 Å². The van der Waals surface area contributed by atoms with E-state index >= 15 is 0 Å². The Hall–Kier alpha value is -1.92. The number of carboxylic acids is 1. The van der Waals surface area contributed by atoms with Gasteiger partial charge in [-0.1, -0.05) is 12.1 Å². The molecule has 1 fully saturated rings. The van der Waals surface area contributed by atoms with Crippen molar-refractivity contribution >= 4 is 11.9 Å². The highest BCUT2D eigenvalue weighted by Crippen LogP contribution is 2.26. The third kappa shape index (κ3) is 4.54. The van der Waals surface area contributed by atoms with Crippen molar-refractivity contribution in [1.82, 2.24) is 19.9 Å². The number of hydrogen-bond acceptors (Lipinski definition) is 4. The van der Waals surface area contributed by atoms with Gasteiger partial charge in [-0.15, -0.1) is 5.10 Å². The number of aliphatic carboxylic acids is 1. The van der Waals surface area contributed by atoms with E-state index in [0.717, 1.165) is 19.4 Å². The number of hydrogen-bond donors (Lipinski definition) is 1. The molecule has 116 valence electrons. The van der Waals surface area contributed by atoms with E-state index in [1.165, 1.54) is 0 Å². The summed E-state index contributed by atoms with van der Waals surface area (Å²) in [6.45, 7) is 3.93. The van der Waals surface area contributed by atoms with Gasteiger partial charge in [-0.3, -0.25) is 14.3 Å². The molecule has 21 heavy (non-hydrogen) atoms. The summed E-state index contributed by atoms with van der Waals surface area (Å²) in [6.07, 6.45) is 5.86. The molecular weight excluding hydrogens is 272 g/mol. The van der Waals surface area contributed by atoms with Gasteiger partial charge < -0.3 is 10.0 Å². The van der Waals surface area contributed by atoms with Crippen molar-refractivity contribution in [3.8, 4) is 0 Å². The van der Waals surface area contributed by atoms with E-state index in [-0.39, 0.29) is 24.2 Å². The molecule has 0 saturated carbocycles. The van der Waals surface area contributed by atoms with Gasteiger partial charge in [0.1, 0.15) is 0 Å². The van der Waals surface area contributed by atoms with Crippen LogP contribution in [0.5, 0.6) is 0 Å². The zero-order valence-electron chi connectivity index (χ0n) is 12.3. The first-order valence-electron chi connectivity index (χ1n) is 7.40. The van der Waals surface area contributed by atoms with Crippen LogP contribution in [0.4, 0.5) is 0 Å². The Kier molecular flexibility index (Phi) is 5.30. The second-order valence-electron chi connectivity index (χ2n) is 5.73. The maximum atomic E-state index is 12.2. The van der Waals surface area contributed by atoms with Crippen molar-refractivity contribution in [3.63, 3.8) is 0 Å². The number of rotatable bonds is 6. The normalized spacial score (nSPS) is 20.2. The summed E-state index contributed by atoms with van der Waals surface area (Å²) in [5.41, 5.74) is 0. The molecule has 2 atom stereocenters. The first-order valence-corrected chi connectivity index (χ1v) is 7.40. The molecule has 0 aromatic carbocycles. The summed E-state index contributed by atoms with van der Waals surface area (Å²) in [7, 11) is 0. The number of piperidine rings is 1. The van der Waals surface area contributed by atoms with Gasteiger partial charge in [-0.2, -0.15) is 0 Å². The quantitative estimate of drug-likeness (QED) is 0.846. The van der Waals surface area contributed by atoms with Crippen LogP contribution in [0, 0.1) is 11.8 Å². The molecule has 0 bridgehead atoms. The fourth-order valence-electron chi connectivity index (χ4n) is 2.86. The fourth-order valence-corrected chi connectivity index (χ4v) is 2.86. The van der Waals surface area contributed by atoms with Crippen LogP contribution in [-0.2, 0) is 16.1 Å². The van der Waals surface area contributed by atoms with Crippen LogP contribution in [0.1, 0.15) is 32.6 Å². The molecule has 2 rings (SSSR count). The molecule has 1 amide bonds. The predicted molar refractivity (Wildman–Crippen MR) is 75.4 cm³/mol. The zero-order chi connectivity index (χ0) is 15.2. The predicted octanol–water partition coefficient (Wildman–Crippen LogP) is 1.02. The van der Waals surface area contributed by atoms with E-state index in [1.807, 2.05) is 11.8 Å². The molecule has 1 aromatic rings. The van der Waals surface area contributed by atoms with Crippen molar-refractivity contribution in [3.05, 3.63) is 12.4 Å². The molecule has 7 heteroatoms. The Balaban J connectivity index is 1.82. The minimum Gasteiger partial charge on any atom is -0.481 e. The lowest BCUT2D eigenvalue weighted by atomic mass is 9.84. The van der Waals surface area contributed by atoms with E-state index in [0.29, 0.717) is 19.5 Å². The topological polar surface area (TPSA) is 88.3 Å². The number of likely N-dealkylation sites (tertiary alicyclic amines) is 1. The first kappa shape index (κ1) is 15.5. The number of carbonyl (C=O) groups is 2. The Morgan fingerprint density at radius 1 is 1.48 bits per heavy atom. The number of aromatic nitrogens is 3. The molecule has 0 spiro atoms. The minimum atomic E-state index is -0.767. The van der Waals surface area contributed by atoms with Gasteiger partial charge in [0, 0.05) is 32.1 Å². The maximum absolute atomic E-state index is 12.2. The van der Waals surface area contributed by atoms with Crippen LogP contribution in [0.25, 0.3) is 0 Å². The maximum Gasteiger partial charge on any atom is 0.303 e. The van der Waals surface area contributed by atoms with Crippen molar-refractivity contribution in [1.29, 1.82) is 0 Å². The fraction of sp³-hybridized carbons (Fsp3) is 0.714. The van der Waals surface area contributed by atoms with Crippen LogP contribution in [0.3, 0.4) is 0 Å². The Morgan fingerprint density at radius 3 is 2.95 bits per heavy atom. The molecular formula is C14H22N4O3. The van der Waals surface area contributed by atoms with Crippen molar-refractivity contribution < 1.29 is 14.7 Å². The second kappa shape index (κ2) is 7.19. The van der Waals surface area contributed by atoms with Crippen molar-refractivity contribution in [2.75, 3.05) is 13.1 Å². The summed E-state index contributed by atoms with van der Waals surface area (Å²) in [6, 6.07) is 0. The number of amides is 1. The van der Waals surface area contributed by atoms with Gasteiger partial charge in [0.15, 0.2) is 0 Å². The molecule has 2 heterocycles. The molecule has 0 radical (unpaired) electrons. The van der Waals surface area contributed by atoms with Crippen LogP contribution in [0.15, 0.2) is 12.4 Å². The largest absolute Gasteiger partial charge is 0.481 e. The molecule has 2 unspecified atom stereocenters. The number of carbonyl (C=O) groups excluding carboxylic acids is 1. The van der Waals surface area contributed by atoms with Gasteiger partial charge in [-0.05, 0) is 24.7 Å². The molecule has 0 aliphatic carbocycles. The Bertz CT molecular complexity index is 475. The average Bonchev–Trinajstić information content (AvgIpc) is 2.97. The highest BCUT2D eigenvalue weighted by atomic mass is 16.4. The monoisotopic (exact) mass is 294 g/mol. The van der Waals surface area contributed by atoms with Gasteiger partial charge in [0.05, 0.1) is 12.7 Å². The minimum absolute atomic E-state index is 0.105. The molecule has 7 nitrogen and oxygen atoms in total. The Labute approximate surface area is 123 Å². The van der Waals surface area contributed by atoms with Crippen LogP contribution < -0.4 is 0 Å². The van der Waals surface area contributed by atoms with Crippen molar-refractivity contribution in [2.24, 2.45) is 11.8 Å². The highest BCUT2D eigenvalue weighted by Gasteiger charge is 2.28. The SMILES string of the molecule is CC(CC(=O)O)C1CCCN(C(=O)CCn2ccnn2)C1. The summed E-state index contributed by atoms with van der Waals surface area (Å²) in [5, 5.41) is 16.4. The Morgan fingerprint density at radius 2 is 2.29 bits per heavy atom. The van der Waals surface area contributed by atoms with E-state index in [1.54, 1.807) is 17.1 Å². The third-order valence-corrected chi connectivity index (χ3v) is 4.14. The van der Waals surface area contributed by atoms with Crippen LogP contribution >= 0.6 is 0 Å². The lowest BCUT2D eigenvalue weighted by molar-refractivity contribution is -0.138.